The van der Waals surface area contributed by atoms with E-state index in [0.717, 1.165) is 31.2 Å². The molecule has 33 heavy (non-hydrogen) atoms. The third kappa shape index (κ3) is 3.85. The van der Waals surface area contributed by atoms with Crippen molar-refractivity contribution in [2.45, 2.75) is 31.7 Å². The molecule has 4 aromatic heterocycles. The first kappa shape index (κ1) is 21.2. The van der Waals surface area contributed by atoms with E-state index in [9.17, 15) is 9.18 Å². The van der Waals surface area contributed by atoms with Crippen molar-refractivity contribution in [1.82, 2.24) is 29.2 Å². The van der Waals surface area contributed by atoms with Crippen LogP contribution < -0.4 is 10.1 Å². The predicted octanol–water partition coefficient (Wildman–Crippen LogP) is 3.48. The highest BCUT2D eigenvalue weighted by Gasteiger charge is 2.28. The number of carbonyl (C=O) groups is 1. The summed E-state index contributed by atoms with van der Waals surface area (Å²) in [6.45, 7) is 0. The molecule has 0 atom stereocenters. The number of hydrogen-bond donors (Lipinski definition) is 2. The molecular formula is C23H26FN7O2. The SMILES string of the molecule is COc1nc(NC2CCC(C(=O)N(C)C)CC2)nc2[nH]cc(-c3cc(F)c4nccn4c3)c12. The minimum Gasteiger partial charge on any atom is -0.480 e. The van der Waals surface area contributed by atoms with Gasteiger partial charge in [-0.15, -0.1) is 0 Å². The first-order valence-corrected chi connectivity index (χ1v) is 11.0. The van der Waals surface area contributed by atoms with E-state index in [1.54, 1.807) is 49.1 Å². The normalized spacial score (nSPS) is 18.5. The van der Waals surface area contributed by atoms with Gasteiger partial charge in [-0.05, 0) is 31.7 Å². The standard InChI is InChI=1S/C23H26FN7O2/c1-30(2)22(32)13-4-6-15(7-5-13)27-23-28-19-18(21(29-23)33-3)16(11-26-19)14-10-17(24)20-25-8-9-31(20)12-14/h8-13,15H,4-7H2,1-3H3,(H2,26,27,28,29). The summed E-state index contributed by atoms with van der Waals surface area (Å²) in [5.41, 5.74) is 2.28. The molecule has 10 heteroatoms. The lowest BCUT2D eigenvalue weighted by Gasteiger charge is -2.29. The number of halogens is 1. The molecule has 1 aliphatic carbocycles. The molecule has 1 amide bonds. The summed E-state index contributed by atoms with van der Waals surface area (Å²) in [6.07, 6.45) is 10.3. The Hall–Kier alpha value is -3.69. The molecule has 0 aliphatic heterocycles. The van der Waals surface area contributed by atoms with Crippen molar-refractivity contribution in [3.8, 4) is 17.0 Å². The maximum atomic E-state index is 14.5. The van der Waals surface area contributed by atoms with Gasteiger partial charge >= 0.3 is 0 Å². The van der Waals surface area contributed by atoms with E-state index in [2.05, 4.69) is 25.3 Å². The van der Waals surface area contributed by atoms with E-state index >= 15 is 0 Å². The van der Waals surface area contributed by atoms with Crippen molar-refractivity contribution >= 4 is 28.5 Å². The number of aromatic amines is 1. The predicted molar refractivity (Wildman–Crippen MR) is 123 cm³/mol. The Morgan fingerprint density at radius 2 is 2.06 bits per heavy atom. The number of nitrogens with zero attached hydrogens (tertiary/aromatic N) is 5. The molecule has 172 valence electrons. The molecule has 4 heterocycles. The van der Waals surface area contributed by atoms with Gasteiger partial charge < -0.3 is 24.3 Å². The van der Waals surface area contributed by atoms with E-state index in [1.165, 1.54) is 6.07 Å². The van der Waals surface area contributed by atoms with Crippen LogP contribution >= 0.6 is 0 Å². The van der Waals surface area contributed by atoms with Crippen molar-refractivity contribution in [2.75, 3.05) is 26.5 Å². The van der Waals surface area contributed by atoms with Gasteiger partial charge in [-0.3, -0.25) is 4.79 Å². The summed E-state index contributed by atoms with van der Waals surface area (Å²) in [6, 6.07) is 1.63. The number of H-pyrrole nitrogens is 1. The number of hydrogen-bond acceptors (Lipinski definition) is 6. The Kier molecular flexibility index (Phi) is 5.35. The quantitative estimate of drug-likeness (QED) is 0.482. The Bertz CT molecular complexity index is 1320. The summed E-state index contributed by atoms with van der Waals surface area (Å²) in [5, 5.41) is 4.08. The second kappa shape index (κ2) is 8.34. The average Bonchev–Trinajstić information content (AvgIpc) is 3.46. The fourth-order valence-electron chi connectivity index (χ4n) is 4.61. The molecule has 2 N–H and O–H groups in total. The zero-order valence-electron chi connectivity index (χ0n) is 18.8. The molecule has 1 fully saturated rings. The maximum Gasteiger partial charge on any atom is 0.228 e. The molecule has 9 nitrogen and oxygen atoms in total. The first-order valence-electron chi connectivity index (χ1n) is 11.0. The third-order valence-corrected chi connectivity index (χ3v) is 6.30. The van der Waals surface area contributed by atoms with Crippen LogP contribution in [0.25, 0.3) is 27.8 Å². The second-order valence-electron chi connectivity index (χ2n) is 8.64. The van der Waals surface area contributed by atoms with Crippen molar-refractivity contribution in [1.29, 1.82) is 0 Å². The van der Waals surface area contributed by atoms with Crippen molar-refractivity contribution in [3.05, 3.63) is 36.7 Å². The molecular weight excluding hydrogens is 425 g/mol. The molecule has 0 bridgehead atoms. The monoisotopic (exact) mass is 451 g/mol. The van der Waals surface area contributed by atoms with Gasteiger partial charge in [0, 0.05) is 62.0 Å². The molecule has 1 aliphatic rings. The van der Waals surface area contributed by atoms with Crippen molar-refractivity contribution in [3.63, 3.8) is 0 Å². The number of aromatic nitrogens is 5. The highest BCUT2D eigenvalue weighted by molar-refractivity contribution is 5.97. The number of anilines is 1. The van der Waals surface area contributed by atoms with Crippen LogP contribution in [-0.2, 0) is 4.79 Å². The van der Waals surface area contributed by atoms with Gasteiger partial charge in [-0.2, -0.15) is 9.97 Å². The Morgan fingerprint density at radius 1 is 1.27 bits per heavy atom. The molecule has 0 aromatic carbocycles. The average molecular weight is 452 g/mol. The number of imidazole rings is 1. The first-order chi connectivity index (χ1) is 15.9. The molecule has 5 rings (SSSR count). The highest BCUT2D eigenvalue weighted by atomic mass is 19.1. The third-order valence-electron chi connectivity index (χ3n) is 6.30. The Morgan fingerprint density at radius 3 is 2.79 bits per heavy atom. The van der Waals surface area contributed by atoms with Crippen LogP contribution in [0.15, 0.2) is 30.9 Å². The minimum atomic E-state index is -0.409. The van der Waals surface area contributed by atoms with Gasteiger partial charge in [0.25, 0.3) is 0 Å². The van der Waals surface area contributed by atoms with Crippen molar-refractivity contribution in [2.24, 2.45) is 5.92 Å². The largest absolute Gasteiger partial charge is 0.480 e. The number of methoxy groups -OCH3 is 1. The molecule has 0 spiro atoms. The van der Waals surface area contributed by atoms with Crippen LogP contribution in [0.2, 0.25) is 0 Å². The molecule has 0 saturated heterocycles. The van der Waals surface area contributed by atoms with Crippen LogP contribution in [0.1, 0.15) is 25.7 Å². The number of fused-ring (bicyclic) bond motifs is 2. The number of carbonyl (C=O) groups excluding carboxylic acids is 1. The van der Waals surface area contributed by atoms with Gasteiger partial charge in [0.05, 0.1) is 12.5 Å². The van der Waals surface area contributed by atoms with Crippen molar-refractivity contribution < 1.29 is 13.9 Å². The lowest BCUT2D eigenvalue weighted by atomic mass is 9.85. The maximum absolute atomic E-state index is 14.5. The van der Waals surface area contributed by atoms with Gasteiger partial charge in [0.15, 0.2) is 11.5 Å². The van der Waals surface area contributed by atoms with Crippen LogP contribution in [0.3, 0.4) is 0 Å². The summed E-state index contributed by atoms with van der Waals surface area (Å²) < 4.78 is 21.7. The number of rotatable bonds is 5. The highest BCUT2D eigenvalue weighted by Crippen LogP contribution is 2.35. The topological polar surface area (TPSA) is 100 Å². The number of ether oxygens (including phenoxy) is 1. The summed E-state index contributed by atoms with van der Waals surface area (Å²) in [7, 11) is 5.16. The van der Waals surface area contributed by atoms with Gasteiger partial charge in [-0.1, -0.05) is 0 Å². The molecule has 0 radical (unpaired) electrons. The van der Waals surface area contributed by atoms with Crippen LogP contribution in [0.5, 0.6) is 5.88 Å². The lowest BCUT2D eigenvalue weighted by Crippen LogP contribution is -2.35. The molecule has 4 aromatic rings. The van der Waals surface area contributed by atoms with Gasteiger partial charge in [0.1, 0.15) is 5.65 Å². The Labute approximate surface area is 190 Å². The van der Waals surface area contributed by atoms with E-state index in [1.807, 2.05) is 6.20 Å². The summed E-state index contributed by atoms with van der Waals surface area (Å²) in [4.78, 5) is 30.3. The fourth-order valence-corrected chi connectivity index (χ4v) is 4.61. The van der Waals surface area contributed by atoms with E-state index in [-0.39, 0.29) is 23.5 Å². The summed E-state index contributed by atoms with van der Waals surface area (Å²) in [5.74, 6) is 0.730. The molecule has 0 unspecified atom stereocenters. The zero-order valence-corrected chi connectivity index (χ0v) is 18.8. The fraction of sp³-hybridized carbons (Fsp3) is 0.391. The van der Waals surface area contributed by atoms with Gasteiger partial charge in [0.2, 0.25) is 17.7 Å². The smallest absolute Gasteiger partial charge is 0.228 e. The lowest BCUT2D eigenvalue weighted by molar-refractivity contribution is -0.133. The second-order valence-corrected chi connectivity index (χ2v) is 8.64. The zero-order chi connectivity index (χ0) is 23.1. The minimum absolute atomic E-state index is 0.0789. The summed E-state index contributed by atoms with van der Waals surface area (Å²) >= 11 is 0. The Balaban J connectivity index is 1.41. The van der Waals surface area contributed by atoms with E-state index in [0.29, 0.717) is 28.4 Å². The van der Waals surface area contributed by atoms with E-state index in [4.69, 9.17) is 4.74 Å². The van der Waals surface area contributed by atoms with Crippen LogP contribution in [-0.4, -0.2) is 62.4 Å². The number of nitrogens with one attached hydrogen (secondary N) is 2. The van der Waals surface area contributed by atoms with Gasteiger partial charge in [-0.25, -0.2) is 9.37 Å². The number of amides is 1. The van der Waals surface area contributed by atoms with Crippen LogP contribution in [0.4, 0.5) is 10.3 Å². The van der Waals surface area contributed by atoms with E-state index < -0.39 is 5.82 Å². The number of pyridine rings is 1. The molecule has 1 saturated carbocycles. The van der Waals surface area contributed by atoms with Crippen LogP contribution in [0, 0.1) is 11.7 Å².